The van der Waals surface area contributed by atoms with Gasteiger partial charge in [0.1, 0.15) is 5.76 Å². The number of nitrogens with zero attached hydrogens (tertiary/aromatic N) is 4. The lowest BCUT2D eigenvalue weighted by atomic mass is 10.2. The van der Waals surface area contributed by atoms with E-state index in [-0.39, 0.29) is 0 Å². The zero-order chi connectivity index (χ0) is 12.4. The zero-order valence-corrected chi connectivity index (χ0v) is 10.4. The summed E-state index contributed by atoms with van der Waals surface area (Å²) >= 11 is 0. The van der Waals surface area contributed by atoms with E-state index in [1.165, 1.54) is 0 Å². The SMILES string of the molecule is CCCc1c(N)nnn1Cc1c(C)noc1C. The van der Waals surface area contributed by atoms with Gasteiger partial charge in [-0.25, -0.2) is 4.68 Å². The largest absolute Gasteiger partial charge is 0.381 e. The topological polar surface area (TPSA) is 82.8 Å². The van der Waals surface area contributed by atoms with Crippen molar-refractivity contribution >= 4 is 5.82 Å². The highest BCUT2D eigenvalue weighted by molar-refractivity contribution is 5.34. The Balaban J connectivity index is 2.30. The fourth-order valence-electron chi connectivity index (χ4n) is 1.84. The second-order valence-electron chi connectivity index (χ2n) is 4.13. The van der Waals surface area contributed by atoms with Gasteiger partial charge in [-0.2, -0.15) is 0 Å². The van der Waals surface area contributed by atoms with Crippen LogP contribution >= 0.6 is 0 Å². The van der Waals surface area contributed by atoms with Crippen LogP contribution in [0.2, 0.25) is 0 Å². The number of nitrogen functional groups attached to an aromatic ring is 1. The Morgan fingerprint density at radius 1 is 1.35 bits per heavy atom. The fraction of sp³-hybridized carbons (Fsp3) is 0.545. The van der Waals surface area contributed by atoms with Crippen LogP contribution in [0.1, 0.15) is 36.1 Å². The summed E-state index contributed by atoms with van der Waals surface area (Å²) in [6.45, 7) is 6.54. The molecule has 0 radical (unpaired) electrons. The maximum atomic E-state index is 5.80. The van der Waals surface area contributed by atoms with E-state index in [0.29, 0.717) is 12.4 Å². The second kappa shape index (κ2) is 4.57. The van der Waals surface area contributed by atoms with Crippen LogP contribution in [-0.2, 0) is 13.0 Å². The summed E-state index contributed by atoms with van der Waals surface area (Å²) in [6, 6.07) is 0. The molecule has 0 spiro atoms. The predicted octanol–water partition coefficient (Wildman–Crippen LogP) is 1.47. The molecule has 0 amide bonds. The molecule has 2 rings (SSSR count). The number of aryl methyl sites for hydroxylation is 2. The van der Waals surface area contributed by atoms with Gasteiger partial charge in [0.15, 0.2) is 5.82 Å². The monoisotopic (exact) mass is 235 g/mol. The van der Waals surface area contributed by atoms with Gasteiger partial charge in [-0.05, 0) is 20.3 Å². The minimum atomic E-state index is 0.513. The van der Waals surface area contributed by atoms with E-state index in [1.54, 1.807) is 0 Å². The molecule has 0 saturated heterocycles. The molecule has 0 unspecified atom stereocenters. The molecule has 2 aromatic heterocycles. The molecule has 17 heavy (non-hydrogen) atoms. The first-order valence-electron chi connectivity index (χ1n) is 5.73. The van der Waals surface area contributed by atoms with Gasteiger partial charge < -0.3 is 10.3 Å². The molecule has 2 heterocycles. The van der Waals surface area contributed by atoms with Crippen LogP contribution in [0.25, 0.3) is 0 Å². The first-order chi connectivity index (χ1) is 8.13. The van der Waals surface area contributed by atoms with Crippen LogP contribution in [0.5, 0.6) is 0 Å². The number of rotatable bonds is 4. The van der Waals surface area contributed by atoms with Crippen molar-refractivity contribution in [3.8, 4) is 0 Å². The molecule has 0 aliphatic rings. The standard InChI is InChI=1S/C11H17N5O/c1-4-5-10-11(12)13-15-16(10)6-9-7(2)14-17-8(9)3/h4-6,12H2,1-3H3. The molecule has 0 aromatic carbocycles. The molecule has 0 aliphatic carbocycles. The van der Waals surface area contributed by atoms with E-state index in [2.05, 4.69) is 22.4 Å². The molecule has 0 fully saturated rings. The summed E-state index contributed by atoms with van der Waals surface area (Å²) in [5.74, 6) is 1.33. The van der Waals surface area contributed by atoms with Gasteiger partial charge >= 0.3 is 0 Å². The molecular weight excluding hydrogens is 218 g/mol. The van der Waals surface area contributed by atoms with Crippen molar-refractivity contribution in [2.45, 2.75) is 40.2 Å². The Morgan fingerprint density at radius 2 is 2.12 bits per heavy atom. The smallest absolute Gasteiger partial charge is 0.169 e. The summed E-state index contributed by atoms with van der Waals surface area (Å²) in [4.78, 5) is 0. The molecule has 92 valence electrons. The van der Waals surface area contributed by atoms with Gasteiger partial charge in [0.25, 0.3) is 0 Å². The van der Waals surface area contributed by atoms with Crippen molar-refractivity contribution in [3.63, 3.8) is 0 Å². The van der Waals surface area contributed by atoms with Crippen molar-refractivity contribution in [1.82, 2.24) is 20.2 Å². The highest BCUT2D eigenvalue weighted by Crippen LogP contribution is 2.17. The normalized spacial score (nSPS) is 11.0. The van der Waals surface area contributed by atoms with Gasteiger partial charge in [0.05, 0.1) is 17.9 Å². The van der Waals surface area contributed by atoms with E-state index in [9.17, 15) is 0 Å². The first kappa shape index (κ1) is 11.6. The molecule has 0 bridgehead atoms. The van der Waals surface area contributed by atoms with Gasteiger partial charge in [-0.1, -0.05) is 23.7 Å². The quantitative estimate of drug-likeness (QED) is 0.867. The van der Waals surface area contributed by atoms with Gasteiger partial charge in [0.2, 0.25) is 0 Å². The third kappa shape index (κ3) is 2.15. The Morgan fingerprint density at radius 3 is 2.71 bits per heavy atom. The maximum absolute atomic E-state index is 5.80. The van der Waals surface area contributed by atoms with Crippen molar-refractivity contribution in [2.75, 3.05) is 5.73 Å². The molecule has 6 heteroatoms. The van der Waals surface area contributed by atoms with Crippen LogP contribution in [0, 0.1) is 13.8 Å². The molecule has 0 atom stereocenters. The van der Waals surface area contributed by atoms with Crippen LogP contribution in [0.3, 0.4) is 0 Å². The lowest BCUT2D eigenvalue weighted by Gasteiger charge is -2.05. The van der Waals surface area contributed by atoms with Crippen LogP contribution in [0.4, 0.5) is 5.82 Å². The van der Waals surface area contributed by atoms with Gasteiger partial charge in [0, 0.05) is 5.56 Å². The van der Waals surface area contributed by atoms with Crippen molar-refractivity contribution < 1.29 is 4.52 Å². The summed E-state index contributed by atoms with van der Waals surface area (Å²) in [7, 11) is 0. The Kier molecular flexibility index (Phi) is 3.12. The molecule has 2 N–H and O–H groups in total. The van der Waals surface area contributed by atoms with Crippen molar-refractivity contribution in [2.24, 2.45) is 0 Å². The minimum Gasteiger partial charge on any atom is -0.381 e. The Hall–Kier alpha value is -1.85. The van der Waals surface area contributed by atoms with Crippen LogP contribution in [-0.4, -0.2) is 20.2 Å². The number of aromatic nitrogens is 4. The summed E-state index contributed by atoms with van der Waals surface area (Å²) in [5, 5.41) is 11.9. The number of hydrogen-bond donors (Lipinski definition) is 1. The number of nitrogens with two attached hydrogens (primary N) is 1. The Bertz CT molecular complexity index is 494. The lowest BCUT2D eigenvalue weighted by molar-refractivity contribution is 0.391. The summed E-state index contributed by atoms with van der Waals surface area (Å²) < 4.78 is 6.96. The van der Waals surface area contributed by atoms with Crippen LogP contribution < -0.4 is 5.73 Å². The van der Waals surface area contributed by atoms with Crippen molar-refractivity contribution in [1.29, 1.82) is 0 Å². The van der Waals surface area contributed by atoms with E-state index < -0.39 is 0 Å². The van der Waals surface area contributed by atoms with E-state index in [4.69, 9.17) is 10.3 Å². The predicted molar refractivity (Wildman–Crippen MR) is 63.5 cm³/mol. The van der Waals surface area contributed by atoms with Gasteiger partial charge in [-0.3, -0.25) is 0 Å². The van der Waals surface area contributed by atoms with Crippen molar-refractivity contribution in [3.05, 3.63) is 22.7 Å². The van der Waals surface area contributed by atoms with E-state index in [0.717, 1.165) is 35.6 Å². The highest BCUT2D eigenvalue weighted by atomic mass is 16.5. The third-order valence-corrected chi connectivity index (χ3v) is 2.84. The number of anilines is 1. The average molecular weight is 235 g/mol. The molecule has 0 aliphatic heterocycles. The molecule has 0 saturated carbocycles. The molecule has 2 aromatic rings. The van der Waals surface area contributed by atoms with E-state index in [1.807, 2.05) is 18.5 Å². The summed E-state index contributed by atoms with van der Waals surface area (Å²) in [6.07, 6.45) is 1.89. The maximum Gasteiger partial charge on any atom is 0.169 e. The Labute approximate surface area is 99.8 Å². The number of hydrogen-bond acceptors (Lipinski definition) is 5. The second-order valence-corrected chi connectivity index (χ2v) is 4.13. The third-order valence-electron chi connectivity index (χ3n) is 2.84. The van der Waals surface area contributed by atoms with Crippen LogP contribution in [0.15, 0.2) is 4.52 Å². The lowest BCUT2D eigenvalue weighted by Crippen LogP contribution is -2.08. The first-order valence-corrected chi connectivity index (χ1v) is 5.73. The summed E-state index contributed by atoms with van der Waals surface area (Å²) in [5.41, 5.74) is 8.71. The highest BCUT2D eigenvalue weighted by Gasteiger charge is 2.14. The zero-order valence-electron chi connectivity index (χ0n) is 10.4. The molecule has 6 nitrogen and oxygen atoms in total. The molecular formula is C11H17N5O. The van der Waals surface area contributed by atoms with E-state index >= 15 is 0 Å². The fourth-order valence-corrected chi connectivity index (χ4v) is 1.84. The van der Waals surface area contributed by atoms with Gasteiger partial charge in [-0.15, -0.1) is 5.10 Å². The minimum absolute atomic E-state index is 0.513. The average Bonchev–Trinajstić information content (AvgIpc) is 2.79.